The molecule has 3 aromatic carbocycles. The van der Waals surface area contributed by atoms with Crippen molar-refractivity contribution in [1.29, 1.82) is 0 Å². The van der Waals surface area contributed by atoms with Gasteiger partial charge in [0.25, 0.3) is 0 Å². The van der Waals surface area contributed by atoms with Gasteiger partial charge in [-0.2, -0.15) is 13.2 Å². The highest BCUT2D eigenvalue weighted by molar-refractivity contribution is 8.01. The van der Waals surface area contributed by atoms with Crippen LogP contribution in [0.25, 0.3) is 11.4 Å². The minimum absolute atomic E-state index is 0.189. The number of thioether (sulfide) groups is 1. The average Bonchev–Trinajstić information content (AvgIpc) is 2.98. The predicted molar refractivity (Wildman–Crippen MR) is 173 cm³/mol. The van der Waals surface area contributed by atoms with E-state index in [9.17, 15) is 18.0 Å². The van der Waals surface area contributed by atoms with Gasteiger partial charge in [-0.3, -0.25) is 4.79 Å². The first-order chi connectivity index (χ1) is 21.2. The van der Waals surface area contributed by atoms with Gasteiger partial charge >= 0.3 is 12.1 Å². The molecule has 0 spiro atoms. The minimum atomic E-state index is -4.48. The molecule has 0 atom stereocenters. The maximum atomic E-state index is 13.4. The second kappa shape index (κ2) is 14.0. The predicted octanol–water partition coefficient (Wildman–Crippen LogP) is 8.90. The molecule has 4 rings (SSSR count). The molecule has 0 aliphatic heterocycles. The van der Waals surface area contributed by atoms with Crippen LogP contribution < -0.4 is 4.90 Å². The number of rotatable bonds is 11. The zero-order chi connectivity index (χ0) is 32.8. The number of alkyl halides is 3. The van der Waals surface area contributed by atoms with Crippen molar-refractivity contribution in [3.8, 4) is 11.4 Å². The SMILES string of the molecule is COCCc1ccccc1N(Cc1ccc(SC(C)(C)C(=O)OC(C)(C)C)cc1)c1ccnc(-c2cccc(C(F)(F)F)c2)n1. The van der Waals surface area contributed by atoms with E-state index in [-0.39, 0.29) is 17.4 Å². The van der Waals surface area contributed by atoms with Crippen LogP contribution in [0, 0.1) is 0 Å². The summed E-state index contributed by atoms with van der Waals surface area (Å²) in [4.78, 5) is 24.8. The van der Waals surface area contributed by atoms with Gasteiger partial charge in [-0.25, -0.2) is 9.97 Å². The fourth-order valence-electron chi connectivity index (χ4n) is 4.54. The van der Waals surface area contributed by atoms with Gasteiger partial charge in [-0.1, -0.05) is 42.5 Å². The maximum Gasteiger partial charge on any atom is 0.416 e. The van der Waals surface area contributed by atoms with Crippen molar-refractivity contribution in [2.24, 2.45) is 0 Å². The van der Waals surface area contributed by atoms with Crippen molar-refractivity contribution in [3.05, 3.63) is 102 Å². The number of ether oxygens (including phenoxy) is 2. The van der Waals surface area contributed by atoms with Gasteiger partial charge in [-0.05, 0) is 88.6 Å². The molecule has 0 N–H and O–H groups in total. The van der Waals surface area contributed by atoms with Crippen LogP contribution in [0.4, 0.5) is 24.7 Å². The van der Waals surface area contributed by atoms with E-state index in [1.165, 1.54) is 17.8 Å². The van der Waals surface area contributed by atoms with Gasteiger partial charge in [0.2, 0.25) is 0 Å². The van der Waals surface area contributed by atoms with Crippen molar-refractivity contribution in [2.75, 3.05) is 18.6 Å². The van der Waals surface area contributed by atoms with Crippen molar-refractivity contribution in [2.45, 2.75) is 69.0 Å². The number of hydrogen-bond donors (Lipinski definition) is 0. The highest BCUT2D eigenvalue weighted by Gasteiger charge is 2.34. The minimum Gasteiger partial charge on any atom is -0.459 e. The first-order valence-corrected chi connectivity index (χ1v) is 15.3. The summed E-state index contributed by atoms with van der Waals surface area (Å²) in [7, 11) is 1.65. The Morgan fingerprint density at radius 2 is 1.62 bits per heavy atom. The van der Waals surface area contributed by atoms with E-state index in [4.69, 9.17) is 14.5 Å². The topological polar surface area (TPSA) is 64.5 Å². The molecule has 1 aromatic heterocycles. The van der Waals surface area contributed by atoms with Gasteiger partial charge < -0.3 is 14.4 Å². The van der Waals surface area contributed by atoms with Crippen LogP contribution >= 0.6 is 11.8 Å². The van der Waals surface area contributed by atoms with Crippen LogP contribution in [0.2, 0.25) is 0 Å². The fraction of sp³-hybridized carbons (Fsp3) is 0.343. The molecule has 4 aromatic rings. The summed E-state index contributed by atoms with van der Waals surface area (Å²) < 4.78 is 50.5. The summed E-state index contributed by atoms with van der Waals surface area (Å²) in [6.07, 6.45) is -2.27. The Bertz CT molecular complexity index is 1600. The molecule has 0 saturated carbocycles. The lowest BCUT2D eigenvalue weighted by Crippen LogP contribution is -2.36. The summed E-state index contributed by atoms with van der Waals surface area (Å²) in [6, 6.07) is 22.6. The van der Waals surface area contributed by atoms with Crippen LogP contribution in [-0.2, 0) is 33.4 Å². The number of para-hydroxylation sites is 1. The number of esters is 1. The summed E-state index contributed by atoms with van der Waals surface area (Å²) >= 11 is 1.43. The molecule has 0 bridgehead atoms. The molecular weight excluding hydrogens is 599 g/mol. The van der Waals surface area contributed by atoms with E-state index in [0.29, 0.717) is 25.4 Å². The monoisotopic (exact) mass is 637 g/mol. The second-order valence-corrected chi connectivity index (χ2v) is 13.7. The smallest absolute Gasteiger partial charge is 0.416 e. The van der Waals surface area contributed by atoms with Crippen LogP contribution in [0.3, 0.4) is 0 Å². The lowest BCUT2D eigenvalue weighted by atomic mass is 10.1. The Kier molecular flexibility index (Phi) is 10.6. The molecule has 0 fully saturated rings. The largest absolute Gasteiger partial charge is 0.459 e. The van der Waals surface area contributed by atoms with E-state index < -0.39 is 22.1 Å². The van der Waals surface area contributed by atoms with Crippen LogP contribution in [0.15, 0.2) is 90.0 Å². The van der Waals surface area contributed by atoms with Gasteiger partial charge in [0.05, 0.1) is 12.2 Å². The Balaban J connectivity index is 1.68. The lowest BCUT2D eigenvalue weighted by Gasteiger charge is -2.28. The third-order valence-electron chi connectivity index (χ3n) is 6.75. The molecule has 238 valence electrons. The maximum absolute atomic E-state index is 13.4. The molecule has 0 aliphatic rings. The van der Waals surface area contributed by atoms with Crippen LogP contribution in [-0.4, -0.2) is 40.0 Å². The van der Waals surface area contributed by atoms with E-state index in [0.717, 1.165) is 33.8 Å². The van der Waals surface area contributed by atoms with Crippen LogP contribution in [0.5, 0.6) is 0 Å². The van der Waals surface area contributed by atoms with Gasteiger partial charge in [0.1, 0.15) is 16.2 Å². The number of carbonyl (C=O) groups excluding carboxylic acids is 1. The Morgan fingerprint density at radius 1 is 0.911 bits per heavy atom. The third-order valence-corrected chi connectivity index (χ3v) is 7.94. The molecule has 0 saturated heterocycles. The quantitative estimate of drug-likeness (QED) is 0.120. The van der Waals surface area contributed by atoms with Crippen molar-refractivity contribution >= 4 is 29.2 Å². The first-order valence-electron chi connectivity index (χ1n) is 14.5. The van der Waals surface area contributed by atoms with Gasteiger partial charge in [0.15, 0.2) is 5.82 Å². The molecule has 10 heteroatoms. The Labute approximate surface area is 267 Å². The molecule has 0 amide bonds. The molecule has 45 heavy (non-hydrogen) atoms. The fourth-order valence-corrected chi connectivity index (χ4v) is 5.53. The molecule has 6 nitrogen and oxygen atoms in total. The molecule has 1 heterocycles. The third kappa shape index (κ3) is 9.31. The Hall–Kier alpha value is -3.89. The number of hydrogen-bond acceptors (Lipinski definition) is 7. The van der Waals surface area contributed by atoms with Crippen LogP contribution in [0.1, 0.15) is 51.3 Å². The summed E-state index contributed by atoms with van der Waals surface area (Å²) in [5.41, 5.74) is 1.83. The van der Waals surface area contributed by atoms with Crippen molar-refractivity contribution in [1.82, 2.24) is 9.97 Å². The highest BCUT2D eigenvalue weighted by Crippen LogP contribution is 2.36. The normalized spacial score (nSPS) is 12.2. The lowest BCUT2D eigenvalue weighted by molar-refractivity contribution is -0.156. The Morgan fingerprint density at radius 3 is 2.29 bits per heavy atom. The number of halogens is 3. The standard InChI is InChI=1S/C35H38F3N3O3S/c1-33(2,3)44-32(42)34(4,5)45-28-16-14-24(15-17-28)23-41(29-13-8-7-10-25(29)19-21-43-6)30-18-20-39-31(40-30)26-11-9-12-27(22-26)35(36,37)38/h7-18,20,22H,19,21,23H2,1-6H3. The number of anilines is 2. The molecule has 0 radical (unpaired) electrons. The first kappa shape index (κ1) is 34.0. The van der Waals surface area contributed by atoms with E-state index in [1.807, 2.05) is 88.0 Å². The molecular formula is C35H38F3N3O3S. The zero-order valence-corrected chi connectivity index (χ0v) is 27.1. The molecule has 0 unspecified atom stereocenters. The number of carbonyl (C=O) groups is 1. The average molecular weight is 638 g/mol. The number of nitrogens with zero attached hydrogens (tertiary/aromatic N) is 3. The second-order valence-electron chi connectivity index (χ2n) is 12.0. The summed E-state index contributed by atoms with van der Waals surface area (Å²) in [6.45, 7) is 10.2. The zero-order valence-electron chi connectivity index (χ0n) is 26.3. The number of benzene rings is 3. The van der Waals surface area contributed by atoms with Crippen molar-refractivity contribution in [3.63, 3.8) is 0 Å². The van der Waals surface area contributed by atoms with Crippen molar-refractivity contribution < 1.29 is 27.4 Å². The summed E-state index contributed by atoms with van der Waals surface area (Å²) in [5.74, 6) is 0.434. The number of methoxy groups -OCH3 is 1. The highest BCUT2D eigenvalue weighted by atomic mass is 32.2. The van der Waals surface area contributed by atoms with E-state index >= 15 is 0 Å². The van der Waals surface area contributed by atoms with E-state index in [2.05, 4.69) is 4.98 Å². The van der Waals surface area contributed by atoms with E-state index in [1.54, 1.807) is 25.4 Å². The number of aromatic nitrogens is 2. The molecule has 0 aliphatic carbocycles. The summed E-state index contributed by atoms with van der Waals surface area (Å²) in [5, 5.41) is 0. The van der Waals surface area contributed by atoms with Gasteiger partial charge in [-0.15, -0.1) is 11.8 Å². The van der Waals surface area contributed by atoms with Gasteiger partial charge in [0, 0.05) is 36.0 Å².